The molecule has 2 rings (SSSR count). The van der Waals surface area contributed by atoms with Gasteiger partial charge in [0, 0.05) is 15.8 Å². The molecule has 0 atom stereocenters. The molecule has 2 aromatic rings. The average Bonchev–Trinajstić information content (AvgIpc) is 2.34. The van der Waals surface area contributed by atoms with Crippen molar-refractivity contribution in [3.63, 3.8) is 0 Å². The molecule has 18 heavy (non-hydrogen) atoms. The van der Waals surface area contributed by atoms with Crippen molar-refractivity contribution in [3.8, 4) is 0 Å². The Morgan fingerprint density at radius 2 is 1.83 bits per heavy atom. The summed E-state index contributed by atoms with van der Waals surface area (Å²) < 4.78 is 1.16. The Kier molecular flexibility index (Phi) is 4.11. The third-order valence-corrected chi connectivity index (χ3v) is 3.67. The molecule has 0 aliphatic carbocycles. The summed E-state index contributed by atoms with van der Waals surface area (Å²) in [6.07, 6.45) is 0. The van der Waals surface area contributed by atoms with Gasteiger partial charge >= 0.3 is 0 Å². The zero-order valence-corrected chi connectivity index (χ0v) is 12.8. The smallest absolute Gasteiger partial charge is 0.0645 e. The summed E-state index contributed by atoms with van der Waals surface area (Å²) in [7, 11) is 0. The molecular weight excluding hydrogens is 335 g/mol. The van der Waals surface area contributed by atoms with Crippen LogP contribution < -0.4 is 10.6 Å². The van der Waals surface area contributed by atoms with E-state index < -0.39 is 0 Å². The minimum Gasteiger partial charge on any atom is -0.397 e. The molecule has 0 saturated heterocycles. The van der Waals surface area contributed by atoms with Crippen molar-refractivity contribution in [2.75, 3.05) is 17.2 Å². The van der Waals surface area contributed by atoms with Crippen LogP contribution in [0.1, 0.15) is 12.5 Å². The Hall–Kier alpha value is -1.23. The van der Waals surface area contributed by atoms with E-state index in [2.05, 4.69) is 77.7 Å². The van der Waals surface area contributed by atoms with Gasteiger partial charge in [-0.2, -0.15) is 0 Å². The Balaban J connectivity index is 2.49. The van der Waals surface area contributed by atoms with Crippen molar-refractivity contribution in [2.45, 2.75) is 13.8 Å². The molecule has 2 nitrogen and oxygen atoms in total. The van der Waals surface area contributed by atoms with Crippen molar-refractivity contribution in [3.05, 3.63) is 51.6 Å². The first-order chi connectivity index (χ1) is 8.63. The van der Waals surface area contributed by atoms with Gasteiger partial charge in [0.25, 0.3) is 0 Å². The molecule has 0 heterocycles. The first-order valence-corrected chi connectivity index (χ1v) is 7.09. The highest BCUT2D eigenvalue weighted by Gasteiger charge is 2.12. The zero-order valence-electron chi connectivity index (χ0n) is 10.7. The topological polar surface area (TPSA) is 29.3 Å². The summed E-state index contributed by atoms with van der Waals surface area (Å²) in [5.41, 5.74) is 10.5. The minimum absolute atomic E-state index is 0.826. The van der Waals surface area contributed by atoms with Gasteiger partial charge in [-0.15, -0.1) is 0 Å². The van der Waals surface area contributed by atoms with E-state index in [1.807, 2.05) is 6.07 Å². The fourth-order valence-corrected chi connectivity index (χ4v) is 2.62. The molecule has 0 radical (unpaired) electrons. The normalized spacial score (nSPS) is 10.4. The number of nitrogen functional groups attached to an aromatic ring is 1. The minimum atomic E-state index is 0.826. The van der Waals surface area contributed by atoms with Gasteiger partial charge in [0.2, 0.25) is 0 Å². The van der Waals surface area contributed by atoms with Gasteiger partial charge in [0.05, 0.1) is 11.4 Å². The molecule has 0 unspecified atom stereocenters. The molecule has 3 heteroatoms. The average molecular weight is 352 g/mol. The number of nitrogens with two attached hydrogens (primary N) is 1. The van der Waals surface area contributed by atoms with Crippen LogP contribution in [0.15, 0.2) is 42.5 Å². The quantitative estimate of drug-likeness (QED) is 0.658. The summed E-state index contributed by atoms with van der Waals surface area (Å²) in [6.45, 7) is 5.17. The van der Waals surface area contributed by atoms with Gasteiger partial charge in [-0.25, -0.2) is 0 Å². The first-order valence-electron chi connectivity index (χ1n) is 6.01. The summed E-state index contributed by atoms with van der Waals surface area (Å²) >= 11 is 2.28. The van der Waals surface area contributed by atoms with Crippen LogP contribution in [0.2, 0.25) is 0 Å². The highest BCUT2D eigenvalue weighted by Crippen LogP contribution is 2.32. The molecule has 0 aliphatic heterocycles. The van der Waals surface area contributed by atoms with Crippen molar-refractivity contribution >= 4 is 39.7 Å². The summed E-state index contributed by atoms with van der Waals surface area (Å²) in [6, 6.07) is 14.6. The molecule has 2 aromatic carbocycles. The molecule has 0 fully saturated rings. The van der Waals surface area contributed by atoms with Gasteiger partial charge in [-0.3, -0.25) is 0 Å². The summed E-state index contributed by atoms with van der Waals surface area (Å²) in [5, 5.41) is 0. The lowest BCUT2D eigenvalue weighted by atomic mass is 10.1. The maximum Gasteiger partial charge on any atom is 0.0645 e. The second kappa shape index (κ2) is 5.61. The van der Waals surface area contributed by atoms with Crippen LogP contribution in [-0.2, 0) is 0 Å². The van der Waals surface area contributed by atoms with E-state index in [1.165, 1.54) is 11.3 Å². The zero-order chi connectivity index (χ0) is 13.1. The molecule has 2 N–H and O–H groups in total. The van der Waals surface area contributed by atoms with Crippen LogP contribution in [0, 0.1) is 10.5 Å². The summed E-state index contributed by atoms with van der Waals surface area (Å²) in [4.78, 5) is 2.25. The van der Waals surface area contributed by atoms with Gasteiger partial charge < -0.3 is 10.6 Å². The van der Waals surface area contributed by atoms with E-state index in [-0.39, 0.29) is 0 Å². The lowest BCUT2D eigenvalue weighted by molar-refractivity contribution is 1.02. The second-order valence-corrected chi connectivity index (χ2v) is 5.48. The number of anilines is 3. The van der Waals surface area contributed by atoms with Crippen LogP contribution in [0.25, 0.3) is 0 Å². The highest BCUT2D eigenvalue weighted by atomic mass is 127. The number of rotatable bonds is 3. The number of hydrogen-bond donors (Lipinski definition) is 1. The molecule has 0 aliphatic rings. The molecule has 0 spiro atoms. The molecule has 0 aromatic heterocycles. The number of benzene rings is 2. The Labute approximate surface area is 122 Å². The summed E-state index contributed by atoms with van der Waals surface area (Å²) in [5.74, 6) is 0. The predicted molar refractivity (Wildman–Crippen MR) is 87.4 cm³/mol. The van der Waals surface area contributed by atoms with E-state index in [0.717, 1.165) is 21.5 Å². The van der Waals surface area contributed by atoms with E-state index in [9.17, 15) is 0 Å². The lowest BCUT2D eigenvalue weighted by Crippen LogP contribution is -2.18. The standard InChI is InChI=1S/C15H17IN2/c1-3-18(14-7-5-4-6-11(14)2)15-9-8-12(16)10-13(15)17/h4-10H,3,17H2,1-2H3. The maximum atomic E-state index is 6.14. The molecule has 0 bridgehead atoms. The van der Waals surface area contributed by atoms with E-state index >= 15 is 0 Å². The van der Waals surface area contributed by atoms with Crippen molar-refractivity contribution < 1.29 is 0 Å². The van der Waals surface area contributed by atoms with E-state index in [0.29, 0.717) is 0 Å². The number of para-hydroxylation sites is 1. The third-order valence-electron chi connectivity index (χ3n) is 3.00. The highest BCUT2D eigenvalue weighted by molar-refractivity contribution is 14.1. The Morgan fingerprint density at radius 3 is 2.44 bits per heavy atom. The number of nitrogens with zero attached hydrogens (tertiary/aromatic N) is 1. The third kappa shape index (κ3) is 2.61. The lowest BCUT2D eigenvalue weighted by Gasteiger charge is -2.26. The second-order valence-electron chi connectivity index (χ2n) is 4.23. The number of aryl methyl sites for hydroxylation is 1. The van der Waals surface area contributed by atoms with Gasteiger partial charge in [0.15, 0.2) is 0 Å². The van der Waals surface area contributed by atoms with Crippen molar-refractivity contribution in [1.29, 1.82) is 0 Å². The van der Waals surface area contributed by atoms with Crippen molar-refractivity contribution in [2.24, 2.45) is 0 Å². The molecule has 0 amide bonds. The van der Waals surface area contributed by atoms with Crippen LogP contribution in [-0.4, -0.2) is 6.54 Å². The van der Waals surface area contributed by atoms with Crippen LogP contribution in [0.5, 0.6) is 0 Å². The van der Waals surface area contributed by atoms with E-state index in [1.54, 1.807) is 0 Å². The SMILES string of the molecule is CCN(c1ccccc1C)c1ccc(I)cc1N. The molecular formula is C15H17IN2. The van der Waals surface area contributed by atoms with Crippen molar-refractivity contribution in [1.82, 2.24) is 0 Å². The van der Waals surface area contributed by atoms with Gasteiger partial charge in [0.1, 0.15) is 0 Å². The maximum absolute atomic E-state index is 6.14. The monoisotopic (exact) mass is 352 g/mol. The van der Waals surface area contributed by atoms with E-state index in [4.69, 9.17) is 5.73 Å². The molecule has 0 saturated carbocycles. The fourth-order valence-electron chi connectivity index (χ4n) is 2.11. The van der Waals surface area contributed by atoms with Gasteiger partial charge in [-0.1, -0.05) is 18.2 Å². The Morgan fingerprint density at radius 1 is 1.11 bits per heavy atom. The number of halogens is 1. The van der Waals surface area contributed by atoms with Crippen LogP contribution in [0.3, 0.4) is 0 Å². The number of hydrogen-bond acceptors (Lipinski definition) is 2. The Bertz CT molecular complexity index is 552. The molecule has 94 valence electrons. The predicted octanol–water partition coefficient (Wildman–Crippen LogP) is 4.34. The fraction of sp³-hybridized carbons (Fsp3) is 0.200. The van der Waals surface area contributed by atoms with Gasteiger partial charge in [-0.05, 0) is 66.3 Å². The largest absolute Gasteiger partial charge is 0.397 e. The first kappa shape index (κ1) is 13.2. The van der Waals surface area contributed by atoms with Crippen LogP contribution >= 0.6 is 22.6 Å². The van der Waals surface area contributed by atoms with Crippen LogP contribution in [0.4, 0.5) is 17.1 Å².